The van der Waals surface area contributed by atoms with E-state index in [2.05, 4.69) is 15.4 Å². The molecule has 0 unspecified atom stereocenters. The van der Waals surface area contributed by atoms with Gasteiger partial charge in [-0.2, -0.15) is 6.57 Å². The number of nitrogens with one attached hydrogen (secondary N) is 1. The first-order valence-corrected chi connectivity index (χ1v) is 3.82. The second-order valence-electron chi connectivity index (χ2n) is 2.22. The highest BCUT2D eigenvalue weighted by Gasteiger charge is 1.95. The molecule has 0 heterocycles. The second-order valence-corrected chi connectivity index (χ2v) is 2.65. The van der Waals surface area contributed by atoms with Crippen LogP contribution in [-0.4, -0.2) is 5.96 Å². The Kier molecular flexibility index (Phi) is 3.12. The van der Waals surface area contributed by atoms with Gasteiger partial charge in [0, 0.05) is 10.7 Å². The van der Waals surface area contributed by atoms with Crippen LogP contribution in [0.1, 0.15) is 0 Å². The highest BCUT2D eigenvalue weighted by molar-refractivity contribution is 6.30. The third kappa shape index (κ3) is 3.01. The topological polar surface area (TPSA) is 54.8 Å². The van der Waals surface area contributed by atoms with Crippen LogP contribution < -0.4 is 11.1 Å². The van der Waals surface area contributed by atoms with Gasteiger partial charge in [-0.3, -0.25) is 0 Å². The minimum absolute atomic E-state index is 0.0670. The van der Waals surface area contributed by atoms with Crippen LogP contribution in [-0.2, 0) is 0 Å². The van der Waals surface area contributed by atoms with Gasteiger partial charge < -0.3 is 11.1 Å². The first-order chi connectivity index (χ1) is 6.22. The minimum atomic E-state index is 0.0670. The van der Waals surface area contributed by atoms with Gasteiger partial charge in [0.1, 0.15) is 5.10 Å². The third-order valence-electron chi connectivity index (χ3n) is 1.27. The molecule has 5 heteroatoms. The molecular formula is C8H7ClN4. The molecule has 0 aromatic heterocycles. The van der Waals surface area contributed by atoms with E-state index in [-0.39, 0.29) is 5.96 Å². The first-order valence-electron chi connectivity index (χ1n) is 3.45. The van der Waals surface area contributed by atoms with Crippen LogP contribution in [0.5, 0.6) is 0 Å². The minimum Gasteiger partial charge on any atom is -0.364 e. The summed E-state index contributed by atoms with van der Waals surface area (Å²) in [7, 11) is 0. The Bertz CT molecular complexity index is 349. The van der Waals surface area contributed by atoms with Gasteiger partial charge in [-0.25, -0.2) is 0 Å². The Morgan fingerprint density at radius 3 is 2.62 bits per heavy atom. The lowest BCUT2D eigenvalue weighted by Crippen LogP contribution is -2.21. The predicted octanol–water partition coefficient (Wildman–Crippen LogP) is 1.90. The second kappa shape index (κ2) is 4.33. The van der Waals surface area contributed by atoms with Gasteiger partial charge in [0.2, 0.25) is 0 Å². The largest absolute Gasteiger partial charge is 0.364 e. The van der Waals surface area contributed by atoms with Crippen molar-refractivity contribution in [1.82, 2.24) is 0 Å². The van der Waals surface area contributed by atoms with E-state index in [1.807, 2.05) is 0 Å². The van der Waals surface area contributed by atoms with Crippen molar-refractivity contribution in [1.29, 1.82) is 0 Å². The predicted molar refractivity (Wildman–Crippen MR) is 53.3 cm³/mol. The maximum atomic E-state index is 6.43. The highest BCUT2D eigenvalue weighted by Crippen LogP contribution is 2.12. The van der Waals surface area contributed by atoms with Crippen LogP contribution in [0.2, 0.25) is 5.02 Å². The zero-order chi connectivity index (χ0) is 9.68. The molecule has 0 atom stereocenters. The molecule has 0 radical (unpaired) electrons. The molecule has 0 fully saturated rings. The molecule has 0 aliphatic heterocycles. The summed E-state index contributed by atoms with van der Waals surface area (Å²) >= 11 is 5.67. The van der Waals surface area contributed by atoms with E-state index in [1.165, 1.54) is 0 Å². The fraction of sp³-hybridized carbons (Fsp3) is 0. The van der Waals surface area contributed by atoms with Gasteiger partial charge in [-0.15, -0.1) is 4.95 Å². The summed E-state index contributed by atoms with van der Waals surface area (Å²) in [4.78, 5) is 2.77. The number of nitrogens with zero attached hydrogens (tertiary/aromatic N) is 2. The molecule has 0 amide bonds. The van der Waals surface area contributed by atoms with E-state index in [0.717, 1.165) is 5.69 Å². The molecule has 3 N–H and O–H groups in total. The van der Waals surface area contributed by atoms with Crippen molar-refractivity contribution in [3.05, 3.63) is 40.8 Å². The Morgan fingerprint density at radius 1 is 1.46 bits per heavy atom. The average Bonchev–Trinajstić information content (AvgIpc) is 2.09. The fourth-order valence-electron chi connectivity index (χ4n) is 0.760. The molecule has 0 saturated carbocycles. The molecule has 0 aliphatic carbocycles. The Labute approximate surface area is 80.8 Å². The number of rotatable bonds is 1. The van der Waals surface area contributed by atoms with Gasteiger partial charge in [0.15, 0.2) is 0 Å². The van der Waals surface area contributed by atoms with Crippen molar-refractivity contribution in [2.75, 3.05) is 5.32 Å². The third-order valence-corrected chi connectivity index (χ3v) is 1.53. The number of hydrogen-bond donors (Lipinski definition) is 2. The van der Waals surface area contributed by atoms with Crippen LogP contribution in [0.25, 0.3) is 4.95 Å². The number of nitrogens with two attached hydrogens (primary N) is 1. The summed E-state index contributed by atoms with van der Waals surface area (Å²) in [5.74, 6) is 0.0670. The van der Waals surface area contributed by atoms with Crippen LogP contribution in [0, 0.1) is 6.57 Å². The summed E-state index contributed by atoms with van der Waals surface area (Å²) in [6, 6.07) is 6.92. The lowest BCUT2D eigenvalue weighted by molar-refractivity contribution is 1.45. The molecule has 0 saturated heterocycles. The molecule has 1 aromatic rings. The lowest BCUT2D eigenvalue weighted by Gasteiger charge is -2.00. The van der Waals surface area contributed by atoms with Gasteiger partial charge in [-0.05, 0) is 24.3 Å². The van der Waals surface area contributed by atoms with Gasteiger partial charge in [0.25, 0.3) is 5.96 Å². The quantitative estimate of drug-likeness (QED) is 0.311. The van der Waals surface area contributed by atoms with Crippen molar-refractivity contribution in [3.63, 3.8) is 0 Å². The van der Waals surface area contributed by atoms with Gasteiger partial charge in [0.05, 0.1) is 0 Å². The number of guanidine groups is 1. The molecule has 1 aromatic carbocycles. The monoisotopic (exact) mass is 194 g/mol. The summed E-state index contributed by atoms with van der Waals surface area (Å²) in [5.41, 5.74) is 6.09. The summed E-state index contributed by atoms with van der Waals surface area (Å²) < 4.78 is 0. The summed E-state index contributed by atoms with van der Waals surface area (Å²) in [6.07, 6.45) is 0. The molecular weight excluding hydrogens is 188 g/mol. The van der Waals surface area contributed by atoms with Crippen molar-refractivity contribution in [3.8, 4) is 0 Å². The molecule has 0 aliphatic rings. The standard InChI is InChI=1S/C8H7ClN4/c1-11-13-8(10)12-7-4-2-6(9)3-5-7/h2-5H,(H3,10,12,13). The molecule has 66 valence electrons. The van der Waals surface area contributed by atoms with E-state index in [9.17, 15) is 0 Å². The average molecular weight is 195 g/mol. The molecule has 0 spiro atoms. The van der Waals surface area contributed by atoms with E-state index in [1.54, 1.807) is 24.3 Å². The summed E-state index contributed by atoms with van der Waals surface area (Å²) in [5, 5.41) is 6.65. The zero-order valence-electron chi connectivity index (χ0n) is 6.66. The maximum Gasteiger partial charge on any atom is 0.279 e. The van der Waals surface area contributed by atoms with Crippen molar-refractivity contribution in [2.24, 2.45) is 10.8 Å². The molecule has 0 bridgehead atoms. The fourth-order valence-corrected chi connectivity index (χ4v) is 0.886. The maximum absolute atomic E-state index is 6.43. The SMILES string of the molecule is [C-]#[N+]/N=C(/N)Nc1ccc(Cl)cc1. The van der Waals surface area contributed by atoms with Crippen molar-refractivity contribution < 1.29 is 0 Å². The van der Waals surface area contributed by atoms with Crippen molar-refractivity contribution >= 4 is 23.2 Å². The van der Waals surface area contributed by atoms with E-state index in [4.69, 9.17) is 23.9 Å². The Balaban J connectivity index is 2.71. The number of hydrogen-bond acceptors (Lipinski definition) is 1. The van der Waals surface area contributed by atoms with Crippen LogP contribution in [0.3, 0.4) is 0 Å². The van der Waals surface area contributed by atoms with Gasteiger partial charge >= 0.3 is 0 Å². The molecule has 4 nitrogen and oxygen atoms in total. The van der Waals surface area contributed by atoms with Crippen molar-refractivity contribution in [2.45, 2.75) is 0 Å². The Hall–Kier alpha value is -1.73. The van der Waals surface area contributed by atoms with Crippen LogP contribution >= 0.6 is 11.6 Å². The number of anilines is 1. The first kappa shape index (κ1) is 9.36. The highest BCUT2D eigenvalue weighted by atomic mass is 35.5. The smallest absolute Gasteiger partial charge is 0.279 e. The molecule has 1 rings (SSSR count). The van der Waals surface area contributed by atoms with E-state index >= 15 is 0 Å². The molecule has 13 heavy (non-hydrogen) atoms. The van der Waals surface area contributed by atoms with Gasteiger partial charge in [-0.1, -0.05) is 11.6 Å². The lowest BCUT2D eigenvalue weighted by atomic mass is 10.3. The van der Waals surface area contributed by atoms with Crippen LogP contribution in [0.4, 0.5) is 5.69 Å². The summed E-state index contributed by atoms with van der Waals surface area (Å²) in [6.45, 7) is 6.43. The number of halogens is 1. The van der Waals surface area contributed by atoms with E-state index in [0.29, 0.717) is 5.02 Å². The normalized spacial score (nSPS) is 10.6. The zero-order valence-corrected chi connectivity index (χ0v) is 7.42. The van der Waals surface area contributed by atoms with Crippen LogP contribution in [0.15, 0.2) is 29.4 Å². The van der Waals surface area contributed by atoms with E-state index < -0.39 is 0 Å². The Morgan fingerprint density at radius 2 is 2.08 bits per heavy atom. The number of benzene rings is 1.